The van der Waals surface area contributed by atoms with Gasteiger partial charge in [-0.1, -0.05) is 23.8 Å². The molecule has 1 aliphatic rings. The summed E-state index contributed by atoms with van der Waals surface area (Å²) in [5.41, 5.74) is 5.39. The molecule has 0 aromatic heterocycles. The summed E-state index contributed by atoms with van der Waals surface area (Å²) in [6, 6.07) is 9.94. The van der Waals surface area contributed by atoms with Crippen LogP contribution < -0.4 is 4.74 Å². The van der Waals surface area contributed by atoms with Crippen LogP contribution in [-0.4, -0.2) is 5.11 Å². The summed E-state index contributed by atoms with van der Waals surface area (Å²) < 4.78 is 6.09. The van der Waals surface area contributed by atoms with Crippen LogP contribution in [0.3, 0.4) is 0 Å². The van der Waals surface area contributed by atoms with Crippen LogP contribution in [0, 0.1) is 13.8 Å². The van der Waals surface area contributed by atoms with E-state index in [0.29, 0.717) is 0 Å². The van der Waals surface area contributed by atoms with Crippen LogP contribution in [0.25, 0.3) is 11.1 Å². The lowest BCUT2D eigenvalue weighted by molar-refractivity contribution is 0.105. The number of aryl methyl sites for hydroxylation is 2. The topological polar surface area (TPSA) is 29.5 Å². The molecule has 0 bridgehead atoms. The van der Waals surface area contributed by atoms with Crippen molar-refractivity contribution in [3.63, 3.8) is 0 Å². The first-order valence-electron chi connectivity index (χ1n) is 6.52. The van der Waals surface area contributed by atoms with Crippen LogP contribution >= 0.6 is 0 Å². The lowest BCUT2D eigenvalue weighted by atomic mass is 9.84. The van der Waals surface area contributed by atoms with Crippen molar-refractivity contribution in [3.8, 4) is 22.6 Å². The summed E-state index contributed by atoms with van der Waals surface area (Å²) in [5, 5.41) is 9.76. The molecule has 0 atom stereocenters. The Morgan fingerprint density at radius 2 is 1.79 bits per heavy atom. The Bertz CT molecular complexity index is 669. The van der Waals surface area contributed by atoms with Crippen LogP contribution in [0.5, 0.6) is 11.5 Å². The molecule has 0 radical (unpaired) electrons. The quantitative estimate of drug-likeness (QED) is 0.759. The minimum absolute atomic E-state index is 0.253. The second-order valence-corrected chi connectivity index (χ2v) is 5.80. The average molecular weight is 254 g/mol. The lowest BCUT2D eigenvalue weighted by Crippen LogP contribution is -2.29. The van der Waals surface area contributed by atoms with Gasteiger partial charge in [0.05, 0.1) is 0 Å². The monoisotopic (exact) mass is 254 g/mol. The maximum Gasteiger partial charge on any atom is 0.132 e. The van der Waals surface area contributed by atoms with E-state index in [0.717, 1.165) is 16.9 Å². The zero-order valence-corrected chi connectivity index (χ0v) is 11.7. The van der Waals surface area contributed by atoms with Crippen molar-refractivity contribution in [1.82, 2.24) is 0 Å². The van der Waals surface area contributed by atoms with Crippen LogP contribution in [0.4, 0.5) is 0 Å². The molecule has 0 amide bonds. The van der Waals surface area contributed by atoms with E-state index in [4.69, 9.17) is 4.74 Å². The van der Waals surface area contributed by atoms with Gasteiger partial charge in [-0.15, -0.1) is 0 Å². The van der Waals surface area contributed by atoms with Crippen molar-refractivity contribution in [2.24, 2.45) is 0 Å². The van der Waals surface area contributed by atoms with Crippen molar-refractivity contribution in [3.05, 3.63) is 47.0 Å². The molecule has 1 heterocycles. The number of ether oxygens (including phenoxy) is 1. The van der Waals surface area contributed by atoms with Gasteiger partial charge in [-0.25, -0.2) is 0 Å². The first kappa shape index (κ1) is 12.1. The van der Waals surface area contributed by atoms with Gasteiger partial charge < -0.3 is 9.84 Å². The molecule has 0 unspecified atom stereocenters. The maximum absolute atomic E-state index is 9.76. The highest BCUT2D eigenvalue weighted by Crippen LogP contribution is 2.48. The summed E-state index contributed by atoms with van der Waals surface area (Å²) in [4.78, 5) is 0. The minimum atomic E-state index is -0.379. The fourth-order valence-corrected chi connectivity index (χ4v) is 2.88. The number of hydrogen-bond donors (Lipinski definition) is 1. The van der Waals surface area contributed by atoms with Crippen LogP contribution in [0.2, 0.25) is 0 Å². The predicted molar refractivity (Wildman–Crippen MR) is 76.7 cm³/mol. The van der Waals surface area contributed by atoms with Crippen LogP contribution in [-0.2, 0) is 5.60 Å². The summed E-state index contributed by atoms with van der Waals surface area (Å²) in [7, 11) is 0. The number of fused-ring (bicyclic) bond motifs is 3. The first-order valence-corrected chi connectivity index (χ1v) is 6.52. The van der Waals surface area contributed by atoms with Gasteiger partial charge in [0.2, 0.25) is 0 Å². The van der Waals surface area contributed by atoms with E-state index < -0.39 is 0 Å². The Hall–Kier alpha value is -1.96. The second-order valence-electron chi connectivity index (χ2n) is 5.80. The molecule has 0 spiro atoms. The van der Waals surface area contributed by atoms with Crippen molar-refractivity contribution in [1.29, 1.82) is 0 Å². The fourth-order valence-electron chi connectivity index (χ4n) is 2.88. The molecular weight excluding hydrogens is 236 g/mol. The van der Waals surface area contributed by atoms with Gasteiger partial charge in [0.15, 0.2) is 0 Å². The van der Waals surface area contributed by atoms with Gasteiger partial charge in [-0.05, 0) is 44.9 Å². The van der Waals surface area contributed by atoms with Gasteiger partial charge in [0, 0.05) is 17.2 Å². The minimum Gasteiger partial charge on any atom is -0.508 e. The zero-order valence-electron chi connectivity index (χ0n) is 11.7. The molecule has 2 aromatic rings. The first-order chi connectivity index (χ1) is 8.88. The standard InChI is InChI=1S/C17H18O2/c1-10-5-6-14-13(7-10)16-11(2)8-12(18)9-15(16)19-17(14,3)4/h5-9,18H,1-4H3. The lowest BCUT2D eigenvalue weighted by Gasteiger charge is -2.36. The fraction of sp³-hybridized carbons (Fsp3) is 0.294. The van der Waals surface area contributed by atoms with E-state index in [1.54, 1.807) is 12.1 Å². The largest absolute Gasteiger partial charge is 0.508 e. The Labute approximate surface area is 113 Å². The molecule has 2 nitrogen and oxygen atoms in total. The predicted octanol–water partition coefficient (Wildman–Crippen LogP) is 4.30. The average Bonchev–Trinajstić information content (AvgIpc) is 2.25. The molecule has 19 heavy (non-hydrogen) atoms. The van der Waals surface area contributed by atoms with E-state index in [1.165, 1.54) is 16.7 Å². The summed E-state index contributed by atoms with van der Waals surface area (Å²) in [6.07, 6.45) is 0. The van der Waals surface area contributed by atoms with Crippen LogP contribution in [0.15, 0.2) is 30.3 Å². The number of rotatable bonds is 0. The highest BCUT2D eigenvalue weighted by Gasteiger charge is 2.33. The van der Waals surface area contributed by atoms with Crippen molar-refractivity contribution in [2.75, 3.05) is 0 Å². The molecule has 1 N–H and O–H groups in total. The SMILES string of the molecule is Cc1ccc2c(c1)-c1c(C)cc(O)cc1OC2(C)C. The van der Waals surface area contributed by atoms with E-state index in [-0.39, 0.29) is 11.4 Å². The van der Waals surface area contributed by atoms with Gasteiger partial charge >= 0.3 is 0 Å². The number of phenolic OH excluding ortho intramolecular Hbond substituents is 1. The Morgan fingerprint density at radius 1 is 1.05 bits per heavy atom. The van der Waals surface area contributed by atoms with E-state index in [9.17, 15) is 5.11 Å². The Morgan fingerprint density at radius 3 is 2.53 bits per heavy atom. The van der Waals surface area contributed by atoms with Gasteiger partial charge in [-0.2, -0.15) is 0 Å². The third-order valence-corrected chi connectivity index (χ3v) is 3.74. The highest BCUT2D eigenvalue weighted by atomic mass is 16.5. The van der Waals surface area contributed by atoms with Crippen molar-refractivity contribution < 1.29 is 9.84 Å². The van der Waals surface area contributed by atoms with E-state index in [1.807, 2.05) is 6.92 Å². The number of phenols is 1. The highest BCUT2D eigenvalue weighted by molar-refractivity contribution is 5.80. The second kappa shape index (κ2) is 3.77. The smallest absolute Gasteiger partial charge is 0.132 e. The number of aromatic hydroxyl groups is 1. The molecule has 0 saturated carbocycles. The molecule has 1 aliphatic heterocycles. The Balaban J connectivity index is 2.38. The molecule has 98 valence electrons. The summed E-state index contributed by atoms with van der Waals surface area (Å²) in [5.74, 6) is 1.02. The summed E-state index contributed by atoms with van der Waals surface area (Å²) >= 11 is 0. The number of hydrogen-bond acceptors (Lipinski definition) is 2. The summed E-state index contributed by atoms with van der Waals surface area (Å²) in [6.45, 7) is 8.22. The van der Waals surface area contributed by atoms with Gasteiger partial charge in [0.1, 0.15) is 17.1 Å². The molecular formula is C17H18O2. The molecule has 0 fully saturated rings. The maximum atomic E-state index is 9.76. The molecule has 2 heteroatoms. The number of benzene rings is 2. The normalized spacial score (nSPS) is 15.4. The zero-order chi connectivity index (χ0) is 13.8. The molecule has 3 rings (SSSR count). The van der Waals surface area contributed by atoms with E-state index in [2.05, 4.69) is 39.0 Å². The third-order valence-electron chi connectivity index (χ3n) is 3.74. The van der Waals surface area contributed by atoms with Crippen LogP contribution in [0.1, 0.15) is 30.5 Å². The molecule has 0 saturated heterocycles. The molecule has 2 aromatic carbocycles. The van der Waals surface area contributed by atoms with Gasteiger partial charge in [-0.3, -0.25) is 0 Å². The van der Waals surface area contributed by atoms with E-state index >= 15 is 0 Å². The van der Waals surface area contributed by atoms with Crippen molar-refractivity contribution in [2.45, 2.75) is 33.3 Å². The third kappa shape index (κ3) is 1.79. The van der Waals surface area contributed by atoms with Crippen molar-refractivity contribution >= 4 is 0 Å². The Kier molecular flexibility index (Phi) is 2.40. The molecule has 0 aliphatic carbocycles. The van der Waals surface area contributed by atoms with Gasteiger partial charge in [0.25, 0.3) is 0 Å².